The molecule has 160 valence electrons. The molecule has 0 atom stereocenters. The number of carbonyl (C=O) groups excluding carboxylic acids is 2. The van der Waals surface area contributed by atoms with Crippen LogP contribution in [-0.4, -0.2) is 52.3 Å². The summed E-state index contributed by atoms with van der Waals surface area (Å²) in [6.07, 6.45) is 1.87. The number of carbonyl (C=O) groups is 2. The van der Waals surface area contributed by atoms with Gasteiger partial charge in [0.2, 0.25) is 20.0 Å². The van der Waals surface area contributed by atoms with Crippen LogP contribution in [-0.2, 0) is 24.8 Å². The largest absolute Gasteiger partial charge is 0.465 e. The van der Waals surface area contributed by atoms with E-state index in [0.717, 1.165) is 34.9 Å². The van der Waals surface area contributed by atoms with Crippen molar-refractivity contribution in [2.24, 2.45) is 0 Å². The molecular weight excluding hydrogens is 452 g/mol. The number of sulfonamides is 1. The zero-order valence-electron chi connectivity index (χ0n) is 16.4. The molecule has 12 heteroatoms. The van der Waals surface area contributed by atoms with Crippen LogP contribution in [0.5, 0.6) is 0 Å². The third kappa shape index (κ3) is 3.73. The summed E-state index contributed by atoms with van der Waals surface area (Å²) in [5, 5.41) is 1.79. The summed E-state index contributed by atoms with van der Waals surface area (Å²) in [5.74, 6) is -1.54. The Morgan fingerprint density at radius 2 is 1.77 bits per heavy atom. The summed E-state index contributed by atoms with van der Waals surface area (Å²) in [6, 6.07) is 7.07. The van der Waals surface area contributed by atoms with Crippen molar-refractivity contribution < 1.29 is 31.2 Å². The minimum atomic E-state index is -4.03. The van der Waals surface area contributed by atoms with E-state index in [1.807, 2.05) is 0 Å². The number of benzene rings is 1. The number of methoxy groups -OCH3 is 1. The van der Waals surface area contributed by atoms with E-state index < -0.39 is 31.9 Å². The lowest BCUT2D eigenvalue weighted by Gasteiger charge is -2.20. The second-order valence-electron chi connectivity index (χ2n) is 6.49. The zero-order chi connectivity index (χ0) is 22.4. The van der Waals surface area contributed by atoms with Crippen LogP contribution in [0.15, 0.2) is 35.7 Å². The van der Waals surface area contributed by atoms with Crippen molar-refractivity contribution in [3.05, 3.63) is 51.8 Å². The maximum atomic E-state index is 12.9. The molecular formula is C18H18N2O7S3. The lowest BCUT2D eigenvalue weighted by molar-refractivity contribution is 0.0602. The summed E-state index contributed by atoms with van der Waals surface area (Å²) in [6.45, 7) is 1.44. The number of esters is 1. The predicted molar refractivity (Wildman–Crippen MR) is 114 cm³/mol. The van der Waals surface area contributed by atoms with Gasteiger partial charge in [-0.3, -0.25) is 4.79 Å². The Bertz CT molecular complexity index is 1370. The predicted octanol–water partition coefficient (Wildman–Crippen LogP) is 2.21. The van der Waals surface area contributed by atoms with Crippen LogP contribution in [0.3, 0.4) is 0 Å². The van der Waals surface area contributed by atoms with Crippen molar-refractivity contribution in [2.75, 3.05) is 23.9 Å². The highest BCUT2D eigenvalue weighted by molar-refractivity contribution is 7.93. The monoisotopic (exact) mass is 470 g/mol. The first kappa shape index (κ1) is 22.0. The number of amides is 1. The van der Waals surface area contributed by atoms with Crippen LogP contribution in [0.4, 0.5) is 5.69 Å². The molecule has 2 heterocycles. The summed E-state index contributed by atoms with van der Waals surface area (Å²) >= 11 is 1.08. The fraction of sp³-hybridized carbons (Fsp3) is 0.222. The van der Waals surface area contributed by atoms with Crippen molar-refractivity contribution >= 4 is 59.9 Å². The van der Waals surface area contributed by atoms with E-state index in [0.29, 0.717) is 4.31 Å². The molecule has 9 nitrogen and oxygen atoms in total. The van der Waals surface area contributed by atoms with Gasteiger partial charge in [-0.25, -0.2) is 29.9 Å². The first-order valence-corrected chi connectivity index (χ1v) is 13.0. The van der Waals surface area contributed by atoms with Gasteiger partial charge in [0.1, 0.15) is 0 Å². The fourth-order valence-corrected chi connectivity index (χ4v) is 5.96. The number of nitrogens with zero attached hydrogens (tertiary/aromatic N) is 2. The van der Waals surface area contributed by atoms with Crippen LogP contribution in [0.25, 0.3) is 10.9 Å². The van der Waals surface area contributed by atoms with E-state index in [2.05, 4.69) is 0 Å². The number of thiophene rings is 1. The number of fused-ring (bicyclic) bond motifs is 1. The van der Waals surface area contributed by atoms with Gasteiger partial charge < -0.3 is 4.74 Å². The number of hydrogen-bond donors (Lipinski definition) is 0. The van der Waals surface area contributed by atoms with Gasteiger partial charge in [0, 0.05) is 11.1 Å². The highest BCUT2D eigenvalue weighted by Crippen LogP contribution is 2.33. The summed E-state index contributed by atoms with van der Waals surface area (Å²) < 4.78 is 55.8. The van der Waals surface area contributed by atoms with E-state index >= 15 is 0 Å². The second kappa shape index (κ2) is 7.52. The normalized spacial score (nSPS) is 12.1. The Labute approximate surface area is 177 Å². The molecule has 0 unspecified atom stereocenters. The molecule has 2 aromatic heterocycles. The molecule has 0 aliphatic heterocycles. The zero-order valence-corrected chi connectivity index (χ0v) is 18.9. The maximum Gasteiger partial charge on any atom is 0.340 e. The van der Waals surface area contributed by atoms with Crippen LogP contribution >= 0.6 is 11.3 Å². The first-order valence-electron chi connectivity index (χ1n) is 8.40. The topological polar surface area (TPSA) is 120 Å². The van der Waals surface area contributed by atoms with E-state index in [1.165, 1.54) is 31.2 Å². The van der Waals surface area contributed by atoms with Crippen molar-refractivity contribution in [1.82, 2.24) is 3.97 Å². The van der Waals surface area contributed by atoms with Crippen molar-refractivity contribution in [3.8, 4) is 0 Å². The third-order valence-electron chi connectivity index (χ3n) is 4.34. The summed E-state index contributed by atoms with van der Waals surface area (Å²) in [4.78, 5) is 25.4. The highest BCUT2D eigenvalue weighted by Gasteiger charge is 2.30. The van der Waals surface area contributed by atoms with Crippen LogP contribution in [0.1, 0.15) is 25.7 Å². The molecule has 0 spiro atoms. The Hall–Kier alpha value is -2.70. The molecule has 3 aromatic rings. The number of ether oxygens (including phenoxy) is 1. The second-order valence-corrected chi connectivity index (χ2v) is 11.1. The van der Waals surface area contributed by atoms with Gasteiger partial charge >= 0.3 is 5.97 Å². The number of hydrogen-bond acceptors (Lipinski definition) is 8. The third-order valence-corrected chi connectivity index (χ3v) is 7.37. The average molecular weight is 471 g/mol. The van der Waals surface area contributed by atoms with E-state index in [1.54, 1.807) is 11.4 Å². The summed E-state index contributed by atoms with van der Waals surface area (Å²) in [5.41, 5.74) is 0.221. The molecule has 0 saturated heterocycles. The average Bonchev–Trinajstić information content (AvgIpc) is 3.24. The molecule has 0 aliphatic carbocycles. The molecule has 0 N–H and O–H groups in total. The van der Waals surface area contributed by atoms with E-state index in [4.69, 9.17) is 4.74 Å². The Morgan fingerprint density at radius 3 is 2.27 bits per heavy atom. The first-order chi connectivity index (χ1) is 13.9. The molecule has 0 aliphatic rings. The molecule has 1 amide bonds. The maximum absolute atomic E-state index is 12.9. The van der Waals surface area contributed by atoms with Crippen molar-refractivity contribution in [3.63, 3.8) is 0 Å². The van der Waals surface area contributed by atoms with Gasteiger partial charge in [0.15, 0.2) is 0 Å². The molecule has 3 rings (SSSR count). The number of anilines is 1. The minimum absolute atomic E-state index is 0.0285. The van der Waals surface area contributed by atoms with Gasteiger partial charge in [-0.1, -0.05) is 6.07 Å². The molecule has 0 saturated carbocycles. The van der Waals surface area contributed by atoms with Gasteiger partial charge in [0.25, 0.3) is 5.91 Å². The van der Waals surface area contributed by atoms with Gasteiger partial charge in [-0.2, -0.15) is 0 Å². The molecule has 0 fully saturated rings. The number of aromatic nitrogens is 1. The standard InChI is InChI=1S/C18H18N2O7S3/c1-11-16(18(22)27-2)13-10-12(7-8-14(13)19(11)29(3,23)24)20(30(4,25)26)17(21)15-6-5-9-28-15/h5-10H,1-4H3. The summed E-state index contributed by atoms with van der Waals surface area (Å²) in [7, 11) is -6.66. The van der Waals surface area contributed by atoms with Crippen molar-refractivity contribution in [2.45, 2.75) is 6.92 Å². The van der Waals surface area contributed by atoms with Crippen LogP contribution in [0.2, 0.25) is 0 Å². The fourth-order valence-electron chi connectivity index (χ4n) is 3.25. The van der Waals surface area contributed by atoms with Crippen LogP contribution in [0, 0.1) is 6.92 Å². The Kier molecular flexibility index (Phi) is 5.52. The van der Waals surface area contributed by atoms with E-state index in [9.17, 15) is 26.4 Å². The molecule has 30 heavy (non-hydrogen) atoms. The molecule has 0 bridgehead atoms. The quantitative estimate of drug-likeness (QED) is 0.524. The Morgan fingerprint density at radius 1 is 1.10 bits per heavy atom. The number of rotatable bonds is 5. The molecule has 1 aromatic carbocycles. The lowest BCUT2D eigenvalue weighted by Crippen LogP contribution is -2.35. The van der Waals surface area contributed by atoms with Gasteiger partial charge in [-0.05, 0) is 36.6 Å². The molecule has 0 radical (unpaired) electrons. The highest BCUT2D eigenvalue weighted by atomic mass is 32.2. The Balaban J connectivity index is 2.35. The van der Waals surface area contributed by atoms with Crippen molar-refractivity contribution in [1.29, 1.82) is 0 Å². The van der Waals surface area contributed by atoms with Gasteiger partial charge in [-0.15, -0.1) is 11.3 Å². The van der Waals surface area contributed by atoms with Gasteiger partial charge in [0.05, 0.1) is 41.3 Å². The SMILES string of the molecule is COC(=O)c1c(C)n(S(C)(=O)=O)c2ccc(N(C(=O)c3cccs3)S(C)(=O)=O)cc12. The minimum Gasteiger partial charge on any atom is -0.465 e. The van der Waals surface area contributed by atoms with Crippen LogP contribution < -0.4 is 4.31 Å². The van der Waals surface area contributed by atoms with E-state index in [-0.39, 0.29) is 32.7 Å². The lowest BCUT2D eigenvalue weighted by atomic mass is 10.1. The smallest absolute Gasteiger partial charge is 0.340 e.